The Morgan fingerprint density at radius 1 is 0.614 bits per heavy atom. The lowest BCUT2D eigenvalue weighted by molar-refractivity contribution is -0.216. The molecule has 1 aromatic rings. The van der Waals surface area contributed by atoms with Crippen LogP contribution in [0.25, 0.3) is 0 Å². The summed E-state index contributed by atoms with van der Waals surface area (Å²) in [6, 6.07) is 0. The highest BCUT2D eigenvalue weighted by Crippen LogP contribution is 2.76. The lowest BCUT2D eigenvalue weighted by Crippen LogP contribution is -2.64. The molecule has 8 atom stereocenters. The summed E-state index contributed by atoms with van der Waals surface area (Å²) < 4.78 is 17.3. The van der Waals surface area contributed by atoms with E-state index in [0.717, 1.165) is 36.3 Å². The van der Waals surface area contributed by atoms with Gasteiger partial charge in [0, 0.05) is 37.3 Å². The average molecular weight is 627 g/mol. The van der Waals surface area contributed by atoms with Crippen LogP contribution in [0.4, 0.5) is 0 Å². The van der Waals surface area contributed by atoms with Crippen LogP contribution in [0.15, 0.2) is 0 Å². The molecule has 0 unspecified atom stereocenters. The van der Waals surface area contributed by atoms with Gasteiger partial charge in [-0.2, -0.15) is 0 Å². The van der Waals surface area contributed by atoms with E-state index in [1.807, 2.05) is 0 Å². The van der Waals surface area contributed by atoms with Gasteiger partial charge in [0.15, 0.2) is 17.2 Å². The highest BCUT2D eigenvalue weighted by molar-refractivity contribution is 6.34. The molecule has 0 amide bonds. The van der Waals surface area contributed by atoms with Gasteiger partial charge in [0.2, 0.25) is 0 Å². The van der Waals surface area contributed by atoms with Gasteiger partial charge in [0.1, 0.15) is 5.02 Å². The third kappa shape index (κ3) is 4.35. The maximum absolute atomic E-state index is 12.5. The molecule has 1 aromatic carbocycles. The molecule has 0 spiro atoms. The van der Waals surface area contributed by atoms with Crippen LogP contribution in [0.3, 0.4) is 0 Å². The Bertz CT molecular complexity index is 1430. The highest BCUT2D eigenvalue weighted by Gasteiger charge is 2.69. The number of carbonyl (C=O) groups is 3. The minimum Gasteiger partial charge on any atom is -0.425 e. The van der Waals surface area contributed by atoms with E-state index in [9.17, 15) is 14.4 Å². The zero-order chi connectivity index (χ0) is 32.2. The number of rotatable bonds is 3. The van der Waals surface area contributed by atoms with Gasteiger partial charge in [-0.05, 0) is 103 Å². The number of fused-ring (bicyclic) bond motifs is 9. The lowest BCUT2D eigenvalue weighted by atomic mass is 9.34. The topological polar surface area (TPSA) is 78.9 Å². The number of benzene rings is 1. The van der Waals surface area contributed by atoms with E-state index in [0.29, 0.717) is 29.1 Å². The fourth-order valence-corrected chi connectivity index (χ4v) is 13.0. The van der Waals surface area contributed by atoms with Gasteiger partial charge in [-0.25, -0.2) is 0 Å². The normalized spacial score (nSPS) is 40.0. The number of esters is 3. The van der Waals surface area contributed by atoms with Crippen molar-refractivity contribution >= 4 is 29.5 Å². The Morgan fingerprint density at radius 3 is 1.68 bits per heavy atom. The Labute approximate surface area is 268 Å². The molecule has 0 N–H and O–H groups in total. The van der Waals surface area contributed by atoms with E-state index in [1.165, 1.54) is 59.3 Å². The lowest BCUT2D eigenvalue weighted by Gasteiger charge is -2.71. The number of hydrogen-bond donors (Lipinski definition) is 0. The zero-order valence-corrected chi connectivity index (χ0v) is 29.0. The van der Waals surface area contributed by atoms with E-state index < -0.39 is 17.9 Å². The van der Waals surface area contributed by atoms with Crippen molar-refractivity contribution < 1.29 is 28.6 Å². The summed E-state index contributed by atoms with van der Waals surface area (Å²) in [6.45, 7) is 19.1. The van der Waals surface area contributed by atoms with E-state index >= 15 is 0 Å². The van der Waals surface area contributed by atoms with Crippen LogP contribution in [0.5, 0.6) is 17.2 Å². The van der Waals surface area contributed by atoms with Crippen molar-refractivity contribution in [3.63, 3.8) is 0 Å². The smallest absolute Gasteiger partial charge is 0.308 e. The molecule has 0 saturated heterocycles. The van der Waals surface area contributed by atoms with Gasteiger partial charge < -0.3 is 14.2 Å². The van der Waals surface area contributed by atoms with E-state index in [-0.39, 0.29) is 44.4 Å². The second-order valence-electron chi connectivity index (χ2n) is 16.7. The molecule has 6 nitrogen and oxygen atoms in total. The monoisotopic (exact) mass is 626 g/mol. The molecular formula is C37H51ClO6. The molecule has 0 heterocycles. The molecule has 44 heavy (non-hydrogen) atoms. The number of halogens is 1. The van der Waals surface area contributed by atoms with Gasteiger partial charge in [-0.3, -0.25) is 14.4 Å². The molecule has 0 bridgehead atoms. The van der Waals surface area contributed by atoms with Crippen LogP contribution in [0.2, 0.25) is 5.02 Å². The summed E-state index contributed by atoms with van der Waals surface area (Å²) in [5.74, 6) is 1.04. The largest absolute Gasteiger partial charge is 0.425 e. The van der Waals surface area contributed by atoms with Crippen molar-refractivity contribution in [2.24, 2.45) is 45.3 Å². The second kappa shape index (κ2) is 10.2. The molecule has 4 fully saturated rings. The number of carbonyl (C=O) groups excluding carboxylic acids is 3. The molecule has 7 heteroatoms. The third-order valence-corrected chi connectivity index (χ3v) is 14.4. The van der Waals surface area contributed by atoms with Gasteiger partial charge >= 0.3 is 17.9 Å². The predicted molar refractivity (Wildman–Crippen MR) is 170 cm³/mol. The summed E-state index contributed by atoms with van der Waals surface area (Å²) >= 11 is 6.85. The van der Waals surface area contributed by atoms with Crippen molar-refractivity contribution in [1.82, 2.24) is 0 Å². The Balaban J connectivity index is 1.47. The van der Waals surface area contributed by atoms with Crippen molar-refractivity contribution in [3.8, 4) is 17.2 Å². The van der Waals surface area contributed by atoms with Crippen LogP contribution >= 0.6 is 11.6 Å². The highest BCUT2D eigenvalue weighted by atomic mass is 35.5. The fourth-order valence-electron chi connectivity index (χ4n) is 12.8. The number of hydrogen-bond acceptors (Lipinski definition) is 6. The minimum absolute atomic E-state index is 0.00354. The van der Waals surface area contributed by atoms with Crippen molar-refractivity contribution in [2.75, 3.05) is 0 Å². The Hall–Kier alpha value is -2.08. The van der Waals surface area contributed by atoms with E-state index in [4.69, 9.17) is 25.8 Å². The number of ether oxygens (including phenoxy) is 3. The first-order valence-electron chi connectivity index (χ1n) is 16.8. The fraction of sp³-hybridized carbons (Fsp3) is 0.757. The van der Waals surface area contributed by atoms with E-state index in [1.54, 1.807) is 0 Å². The first kappa shape index (κ1) is 31.9. The van der Waals surface area contributed by atoms with Crippen molar-refractivity contribution in [3.05, 3.63) is 16.1 Å². The summed E-state index contributed by atoms with van der Waals surface area (Å²) in [7, 11) is 0. The van der Waals surface area contributed by atoms with Crippen LogP contribution < -0.4 is 14.2 Å². The van der Waals surface area contributed by atoms with Crippen molar-refractivity contribution in [2.45, 2.75) is 132 Å². The quantitative estimate of drug-likeness (QED) is 0.246. The third-order valence-electron chi connectivity index (χ3n) is 14.0. The zero-order valence-electron chi connectivity index (χ0n) is 28.2. The summed E-state index contributed by atoms with van der Waals surface area (Å²) in [5.41, 5.74) is 2.28. The van der Waals surface area contributed by atoms with Crippen molar-refractivity contribution in [1.29, 1.82) is 0 Å². The maximum atomic E-state index is 12.5. The maximum Gasteiger partial charge on any atom is 0.308 e. The predicted octanol–water partition coefficient (Wildman–Crippen LogP) is 9.00. The van der Waals surface area contributed by atoms with Crippen LogP contribution in [0.1, 0.15) is 131 Å². The molecule has 6 rings (SSSR count). The van der Waals surface area contributed by atoms with Gasteiger partial charge in [0.25, 0.3) is 0 Å². The van der Waals surface area contributed by atoms with Crippen LogP contribution in [0, 0.1) is 45.3 Å². The molecule has 4 saturated carbocycles. The van der Waals surface area contributed by atoms with Gasteiger partial charge in [-0.1, -0.05) is 59.6 Å². The molecule has 5 aliphatic rings. The molecular weight excluding hydrogens is 576 g/mol. The van der Waals surface area contributed by atoms with Crippen LogP contribution in [-0.2, 0) is 26.2 Å². The molecule has 5 aliphatic carbocycles. The molecule has 242 valence electrons. The van der Waals surface area contributed by atoms with Crippen LogP contribution in [-0.4, -0.2) is 17.9 Å². The summed E-state index contributed by atoms with van der Waals surface area (Å²) in [6.07, 6.45) is 11.6. The SMILES string of the molecule is CC(=O)Oc1c(Cl)c(OC(C)=O)c(OC(C)=O)c2c1C[C@H]1[C@@]3(C)CC[C@H]4[C@@](C)(CC[C@H]5C(C)(C)CCC[C@]45C)[C@@H]3CC[C@]21C. The average Bonchev–Trinajstić information content (AvgIpc) is 3.21. The first-order chi connectivity index (χ1) is 20.4. The summed E-state index contributed by atoms with van der Waals surface area (Å²) in [4.78, 5) is 37.1. The van der Waals surface area contributed by atoms with E-state index in [2.05, 4.69) is 41.5 Å². The molecule has 0 aromatic heterocycles. The summed E-state index contributed by atoms with van der Waals surface area (Å²) in [5, 5.41) is -0.00354. The minimum atomic E-state index is -0.592. The molecule has 0 radical (unpaired) electrons. The molecule has 0 aliphatic heterocycles. The van der Waals surface area contributed by atoms with Gasteiger partial charge in [0.05, 0.1) is 0 Å². The standard InChI is InChI=1S/C37H51ClO6/c1-20(39)42-30-23-19-27-36(8)17-12-25-34(6)15-10-14-33(4,5)24(34)11-16-35(25,7)26(36)13-18-37(27,9)28(23)31(43-21(2)40)32(29(30)38)44-22(3)41/h24-27H,10-19H2,1-9H3/t24-,25+,26-,27-,34-,35+,36-,37-/m0/s1. The second-order valence-corrected chi connectivity index (χ2v) is 17.1. The van der Waals surface area contributed by atoms with Gasteiger partial charge in [-0.15, -0.1) is 0 Å². The Morgan fingerprint density at radius 2 is 1.09 bits per heavy atom. The Kier molecular flexibility index (Phi) is 7.40. The first-order valence-corrected chi connectivity index (χ1v) is 17.2.